The standard InChI is InChI=1S/C17H15FN2O2/c1-2-9-22-14-4-3-13(18)15-16(14)20-10-12(17(15)21)11-5-7-19-8-6-11/h3-8,10H,2,9H2,1H3,(H,20,21). The number of rotatable bonds is 4. The lowest BCUT2D eigenvalue weighted by molar-refractivity contribution is 0.320. The minimum Gasteiger partial charge on any atom is -0.491 e. The van der Waals surface area contributed by atoms with Gasteiger partial charge in [-0.15, -0.1) is 0 Å². The Balaban J connectivity index is 2.23. The van der Waals surface area contributed by atoms with Gasteiger partial charge >= 0.3 is 0 Å². The number of fused-ring (bicyclic) bond motifs is 1. The van der Waals surface area contributed by atoms with Crippen molar-refractivity contribution in [3.8, 4) is 16.9 Å². The lowest BCUT2D eigenvalue weighted by atomic mass is 10.1. The summed E-state index contributed by atoms with van der Waals surface area (Å²) < 4.78 is 19.7. The van der Waals surface area contributed by atoms with Crippen molar-refractivity contribution in [1.29, 1.82) is 0 Å². The average molecular weight is 298 g/mol. The minimum atomic E-state index is -0.559. The van der Waals surface area contributed by atoms with E-state index < -0.39 is 5.82 Å². The van der Waals surface area contributed by atoms with Crippen molar-refractivity contribution < 1.29 is 9.13 Å². The second-order valence-electron chi connectivity index (χ2n) is 4.91. The highest BCUT2D eigenvalue weighted by atomic mass is 19.1. The number of nitrogens with zero attached hydrogens (tertiary/aromatic N) is 1. The van der Waals surface area contributed by atoms with Gasteiger partial charge in [-0.05, 0) is 36.2 Å². The van der Waals surface area contributed by atoms with Crippen LogP contribution in [0.3, 0.4) is 0 Å². The van der Waals surface area contributed by atoms with E-state index >= 15 is 0 Å². The summed E-state index contributed by atoms with van der Waals surface area (Å²) >= 11 is 0. The smallest absolute Gasteiger partial charge is 0.200 e. The molecule has 0 radical (unpaired) electrons. The van der Waals surface area contributed by atoms with E-state index in [1.807, 2.05) is 6.92 Å². The number of nitrogens with one attached hydrogen (secondary N) is 1. The molecule has 0 spiro atoms. The maximum absolute atomic E-state index is 14.2. The zero-order valence-corrected chi connectivity index (χ0v) is 12.1. The van der Waals surface area contributed by atoms with E-state index in [0.717, 1.165) is 6.42 Å². The van der Waals surface area contributed by atoms with Crippen LogP contribution in [-0.2, 0) is 0 Å². The summed E-state index contributed by atoms with van der Waals surface area (Å²) in [6, 6.07) is 6.23. The molecule has 0 unspecified atom stereocenters. The molecule has 0 aliphatic heterocycles. The number of H-pyrrole nitrogens is 1. The molecular weight excluding hydrogens is 283 g/mol. The maximum atomic E-state index is 14.2. The third-order valence-electron chi connectivity index (χ3n) is 3.40. The van der Waals surface area contributed by atoms with Crippen molar-refractivity contribution in [3.63, 3.8) is 0 Å². The highest BCUT2D eigenvalue weighted by molar-refractivity contribution is 5.88. The van der Waals surface area contributed by atoms with Crippen LogP contribution in [0.2, 0.25) is 0 Å². The average Bonchev–Trinajstić information content (AvgIpc) is 2.55. The first-order chi connectivity index (χ1) is 10.7. The fourth-order valence-electron chi connectivity index (χ4n) is 2.35. The van der Waals surface area contributed by atoms with Gasteiger partial charge in [-0.3, -0.25) is 9.78 Å². The van der Waals surface area contributed by atoms with Gasteiger partial charge in [0, 0.05) is 24.2 Å². The Morgan fingerprint density at radius 1 is 1.23 bits per heavy atom. The number of halogens is 1. The van der Waals surface area contributed by atoms with Crippen molar-refractivity contribution in [2.45, 2.75) is 13.3 Å². The van der Waals surface area contributed by atoms with Crippen molar-refractivity contribution in [1.82, 2.24) is 9.97 Å². The van der Waals surface area contributed by atoms with Crippen LogP contribution >= 0.6 is 0 Å². The summed E-state index contributed by atoms with van der Waals surface area (Å²) in [6.45, 7) is 2.49. The van der Waals surface area contributed by atoms with Gasteiger partial charge in [0.2, 0.25) is 0 Å². The molecule has 1 N–H and O–H groups in total. The summed E-state index contributed by atoms with van der Waals surface area (Å²) in [5.41, 5.74) is 1.12. The fourth-order valence-corrected chi connectivity index (χ4v) is 2.35. The molecule has 2 aromatic heterocycles. The topological polar surface area (TPSA) is 55.0 Å². The van der Waals surface area contributed by atoms with Crippen LogP contribution < -0.4 is 10.2 Å². The highest BCUT2D eigenvalue weighted by Crippen LogP contribution is 2.26. The molecule has 0 aliphatic rings. The number of ether oxygens (including phenoxy) is 1. The van der Waals surface area contributed by atoms with Crippen molar-refractivity contribution >= 4 is 10.9 Å². The number of aromatic nitrogens is 2. The van der Waals surface area contributed by atoms with Gasteiger partial charge in [0.15, 0.2) is 5.43 Å². The van der Waals surface area contributed by atoms with E-state index in [9.17, 15) is 9.18 Å². The van der Waals surface area contributed by atoms with Crippen LogP contribution in [0.15, 0.2) is 47.7 Å². The van der Waals surface area contributed by atoms with Crippen molar-refractivity contribution in [2.24, 2.45) is 0 Å². The van der Waals surface area contributed by atoms with Crippen LogP contribution in [0.25, 0.3) is 22.0 Å². The number of benzene rings is 1. The molecule has 1 aromatic carbocycles. The van der Waals surface area contributed by atoms with Crippen LogP contribution in [-0.4, -0.2) is 16.6 Å². The molecular formula is C17H15FN2O2. The molecule has 2 heterocycles. The zero-order chi connectivity index (χ0) is 15.5. The van der Waals surface area contributed by atoms with Crippen LogP contribution in [0.1, 0.15) is 13.3 Å². The number of aromatic amines is 1. The molecule has 0 amide bonds. The third-order valence-corrected chi connectivity index (χ3v) is 3.40. The Hall–Kier alpha value is -2.69. The number of hydrogen-bond donors (Lipinski definition) is 1. The predicted molar refractivity (Wildman–Crippen MR) is 83.5 cm³/mol. The first-order valence-corrected chi connectivity index (χ1v) is 7.09. The van der Waals surface area contributed by atoms with Gasteiger partial charge < -0.3 is 9.72 Å². The Kier molecular flexibility index (Phi) is 3.87. The monoisotopic (exact) mass is 298 g/mol. The summed E-state index contributed by atoms with van der Waals surface area (Å²) in [4.78, 5) is 19.6. The van der Waals surface area contributed by atoms with Crippen LogP contribution in [0.5, 0.6) is 5.75 Å². The van der Waals surface area contributed by atoms with Crippen molar-refractivity contribution in [3.05, 3.63) is 58.9 Å². The number of pyridine rings is 2. The molecule has 0 saturated carbocycles. The lowest BCUT2D eigenvalue weighted by Gasteiger charge is -2.10. The van der Waals surface area contributed by atoms with Gasteiger partial charge in [0.05, 0.1) is 17.5 Å². The minimum absolute atomic E-state index is 0.0166. The first kappa shape index (κ1) is 14.3. The second-order valence-corrected chi connectivity index (χ2v) is 4.91. The first-order valence-electron chi connectivity index (χ1n) is 7.09. The van der Waals surface area contributed by atoms with Crippen LogP contribution in [0, 0.1) is 5.82 Å². The van der Waals surface area contributed by atoms with E-state index in [2.05, 4.69) is 9.97 Å². The summed E-state index contributed by atoms with van der Waals surface area (Å²) in [7, 11) is 0. The Labute approximate surface area is 126 Å². The molecule has 0 fully saturated rings. The summed E-state index contributed by atoms with van der Waals surface area (Å²) in [5, 5.41) is 0.0166. The van der Waals surface area contributed by atoms with Gasteiger partial charge in [0.25, 0.3) is 0 Å². The van der Waals surface area contributed by atoms with E-state index in [1.165, 1.54) is 12.1 Å². The summed E-state index contributed by atoms with van der Waals surface area (Å²) in [6.07, 6.45) is 5.60. The van der Waals surface area contributed by atoms with Gasteiger partial charge in [0.1, 0.15) is 11.6 Å². The molecule has 0 aliphatic carbocycles. The molecule has 22 heavy (non-hydrogen) atoms. The lowest BCUT2D eigenvalue weighted by Crippen LogP contribution is -2.09. The van der Waals surface area contributed by atoms with Crippen LogP contribution in [0.4, 0.5) is 4.39 Å². The fraction of sp³-hybridized carbons (Fsp3) is 0.176. The molecule has 0 bridgehead atoms. The molecule has 4 nitrogen and oxygen atoms in total. The highest BCUT2D eigenvalue weighted by Gasteiger charge is 2.14. The van der Waals surface area contributed by atoms with Gasteiger partial charge in [-0.2, -0.15) is 0 Å². The van der Waals surface area contributed by atoms with Gasteiger partial charge in [-0.1, -0.05) is 6.92 Å². The second kappa shape index (κ2) is 5.97. The normalized spacial score (nSPS) is 10.8. The molecule has 112 valence electrons. The summed E-state index contributed by atoms with van der Waals surface area (Å²) in [5.74, 6) is -0.0763. The van der Waals surface area contributed by atoms with E-state index in [4.69, 9.17) is 4.74 Å². The van der Waals surface area contributed by atoms with E-state index in [-0.39, 0.29) is 10.8 Å². The third kappa shape index (κ3) is 2.45. The number of hydrogen-bond acceptors (Lipinski definition) is 3. The van der Waals surface area contributed by atoms with E-state index in [0.29, 0.717) is 29.0 Å². The molecule has 3 aromatic rings. The maximum Gasteiger partial charge on any atom is 0.200 e. The molecule has 5 heteroatoms. The Morgan fingerprint density at radius 3 is 2.73 bits per heavy atom. The molecule has 0 saturated heterocycles. The van der Waals surface area contributed by atoms with E-state index in [1.54, 1.807) is 30.7 Å². The predicted octanol–water partition coefficient (Wildman–Crippen LogP) is 3.52. The zero-order valence-electron chi connectivity index (χ0n) is 12.1. The van der Waals surface area contributed by atoms with Crippen molar-refractivity contribution in [2.75, 3.05) is 6.61 Å². The SMILES string of the molecule is CCCOc1ccc(F)c2c(=O)c(-c3ccncc3)c[nH]c12. The quantitative estimate of drug-likeness (QED) is 0.802. The van der Waals surface area contributed by atoms with Gasteiger partial charge in [-0.25, -0.2) is 4.39 Å². The largest absolute Gasteiger partial charge is 0.491 e. The molecule has 3 rings (SSSR count). The Bertz CT molecular complexity index is 860. The molecule has 0 atom stereocenters. The Morgan fingerprint density at radius 2 is 2.00 bits per heavy atom.